The third-order valence-electron chi connectivity index (χ3n) is 2.69. The number of halogens is 3. The summed E-state index contributed by atoms with van der Waals surface area (Å²) in [7, 11) is 0. The molecule has 0 saturated heterocycles. The van der Waals surface area contributed by atoms with Crippen LogP contribution < -0.4 is 10.5 Å². The normalized spacial score (nSPS) is 11.6. The first-order valence-electron chi connectivity index (χ1n) is 6.40. The van der Waals surface area contributed by atoms with Gasteiger partial charge in [0.15, 0.2) is 0 Å². The molecule has 1 rings (SSSR count). The molecule has 0 spiro atoms. The van der Waals surface area contributed by atoms with Crippen molar-refractivity contribution in [3.05, 3.63) is 18.0 Å². The standard InChI is InChI=1S/C13H19F3N2O/c1-2-3-4-5-6-7-19-11-8-12(13(14,15)16)18-9-10(11)17/h8-9H,2-7,17H2,1H3. The van der Waals surface area contributed by atoms with Crippen LogP contribution in [0, 0.1) is 0 Å². The summed E-state index contributed by atoms with van der Waals surface area (Å²) in [5.41, 5.74) is 4.68. The highest BCUT2D eigenvalue weighted by Crippen LogP contribution is 2.32. The van der Waals surface area contributed by atoms with E-state index < -0.39 is 11.9 Å². The lowest BCUT2D eigenvalue weighted by atomic mass is 10.2. The summed E-state index contributed by atoms with van der Waals surface area (Å²) >= 11 is 0. The summed E-state index contributed by atoms with van der Waals surface area (Å²) in [6, 6.07) is 0.849. The highest BCUT2D eigenvalue weighted by molar-refractivity contribution is 5.51. The van der Waals surface area contributed by atoms with Crippen molar-refractivity contribution in [2.45, 2.75) is 45.2 Å². The zero-order valence-electron chi connectivity index (χ0n) is 11.0. The van der Waals surface area contributed by atoms with Gasteiger partial charge in [-0.2, -0.15) is 13.2 Å². The monoisotopic (exact) mass is 276 g/mol. The molecular formula is C13H19F3N2O. The van der Waals surface area contributed by atoms with E-state index in [1.165, 1.54) is 0 Å². The lowest BCUT2D eigenvalue weighted by molar-refractivity contribution is -0.141. The SMILES string of the molecule is CCCCCCCOc1cc(C(F)(F)F)ncc1N. The van der Waals surface area contributed by atoms with Crippen LogP contribution in [-0.4, -0.2) is 11.6 Å². The molecule has 0 saturated carbocycles. The van der Waals surface area contributed by atoms with Crippen LogP contribution in [0.25, 0.3) is 0 Å². The second-order valence-corrected chi connectivity index (χ2v) is 4.37. The molecule has 0 unspecified atom stereocenters. The van der Waals surface area contributed by atoms with E-state index >= 15 is 0 Å². The van der Waals surface area contributed by atoms with E-state index in [9.17, 15) is 13.2 Å². The predicted octanol–water partition coefficient (Wildman–Crippen LogP) is 4.03. The van der Waals surface area contributed by atoms with Crippen LogP contribution in [0.2, 0.25) is 0 Å². The molecule has 0 aromatic carbocycles. The number of anilines is 1. The minimum absolute atomic E-state index is 0.0535. The summed E-state index contributed by atoms with van der Waals surface area (Å²) in [6.45, 7) is 2.49. The summed E-state index contributed by atoms with van der Waals surface area (Å²) in [4.78, 5) is 3.25. The molecule has 108 valence electrons. The number of hydrogen-bond acceptors (Lipinski definition) is 3. The molecule has 0 radical (unpaired) electrons. The number of hydrogen-bond donors (Lipinski definition) is 1. The van der Waals surface area contributed by atoms with Crippen molar-refractivity contribution in [1.82, 2.24) is 4.98 Å². The number of unbranched alkanes of at least 4 members (excludes halogenated alkanes) is 4. The van der Waals surface area contributed by atoms with Gasteiger partial charge in [0.2, 0.25) is 0 Å². The van der Waals surface area contributed by atoms with Crippen LogP contribution in [0.4, 0.5) is 18.9 Å². The topological polar surface area (TPSA) is 48.1 Å². The Hall–Kier alpha value is -1.46. The lowest BCUT2D eigenvalue weighted by Gasteiger charge is -2.11. The summed E-state index contributed by atoms with van der Waals surface area (Å²) in [6.07, 6.45) is 1.73. The first-order chi connectivity index (χ1) is 8.95. The average molecular weight is 276 g/mol. The molecule has 0 fully saturated rings. The Labute approximate surface area is 111 Å². The number of rotatable bonds is 7. The summed E-state index contributed by atoms with van der Waals surface area (Å²) < 4.78 is 42.7. The van der Waals surface area contributed by atoms with Gasteiger partial charge in [0, 0.05) is 6.07 Å². The van der Waals surface area contributed by atoms with Gasteiger partial charge in [-0.3, -0.25) is 0 Å². The Bertz CT molecular complexity index is 394. The van der Waals surface area contributed by atoms with E-state index in [1.807, 2.05) is 0 Å². The van der Waals surface area contributed by atoms with Crippen LogP contribution >= 0.6 is 0 Å². The molecule has 0 bridgehead atoms. The number of nitrogen functional groups attached to an aromatic ring is 1. The van der Waals surface area contributed by atoms with Crippen molar-refractivity contribution in [2.24, 2.45) is 0 Å². The van der Waals surface area contributed by atoms with Gasteiger partial charge in [-0.15, -0.1) is 0 Å². The second-order valence-electron chi connectivity index (χ2n) is 4.37. The maximum atomic E-state index is 12.5. The van der Waals surface area contributed by atoms with Gasteiger partial charge in [0.05, 0.1) is 18.5 Å². The van der Waals surface area contributed by atoms with Crippen LogP contribution in [0.5, 0.6) is 5.75 Å². The molecule has 1 heterocycles. The highest BCUT2D eigenvalue weighted by atomic mass is 19.4. The predicted molar refractivity (Wildman–Crippen MR) is 67.9 cm³/mol. The van der Waals surface area contributed by atoms with Gasteiger partial charge in [0.25, 0.3) is 0 Å². The van der Waals surface area contributed by atoms with Gasteiger partial charge in [0.1, 0.15) is 11.4 Å². The molecule has 1 aromatic heterocycles. The Balaban J connectivity index is 2.49. The van der Waals surface area contributed by atoms with Crippen molar-refractivity contribution in [1.29, 1.82) is 0 Å². The lowest BCUT2D eigenvalue weighted by Crippen LogP contribution is -2.10. The zero-order valence-corrected chi connectivity index (χ0v) is 11.0. The maximum Gasteiger partial charge on any atom is 0.433 e. The fourth-order valence-electron chi connectivity index (χ4n) is 1.62. The molecule has 1 aromatic rings. The molecule has 0 aliphatic carbocycles. The Morgan fingerprint density at radius 2 is 1.89 bits per heavy atom. The van der Waals surface area contributed by atoms with Gasteiger partial charge in [-0.05, 0) is 6.42 Å². The van der Waals surface area contributed by atoms with Crippen LogP contribution in [0.3, 0.4) is 0 Å². The minimum atomic E-state index is -4.48. The van der Waals surface area contributed by atoms with Crippen molar-refractivity contribution in [3.8, 4) is 5.75 Å². The average Bonchev–Trinajstić information content (AvgIpc) is 2.34. The third kappa shape index (κ3) is 5.36. The number of alkyl halides is 3. The zero-order chi connectivity index (χ0) is 14.3. The van der Waals surface area contributed by atoms with Crippen molar-refractivity contribution in [3.63, 3.8) is 0 Å². The highest BCUT2D eigenvalue weighted by Gasteiger charge is 2.33. The minimum Gasteiger partial charge on any atom is -0.491 e. The maximum absolute atomic E-state index is 12.5. The molecule has 0 aliphatic rings. The van der Waals surface area contributed by atoms with E-state index in [0.717, 1.165) is 44.4 Å². The van der Waals surface area contributed by atoms with Gasteiger partial charge in [-0.1, -0.05) is 32.6 Å². The van der Waals surface area contributed by atoms with Gasteiger partial charge in [-0.25, -0.2) is 4.98 Å². The fraction of sp³-hybridized carbons (Fsp3) is 0.615. The van der Waals surface area contributed by atoms with Crippen molar-refractivity contribution in [2.75, 3.05) is 12.3 Å². The quantitative estimate of drug-likeness (QED) is 0.765. The van der Waals surface area contributed by atoms with Crippen LogP contribution in [0.1, 0.15) is 44.7 Å². The molecular weight excluding hydrogens is 257 g/mol. The largest absolute Gasteiger partial charge is 0.491 e. The van der Waals surface area contributed by atoms with Crippen LogP contribution in [0.15, 0.2) is 12.3 Å². The van der Waals surface area contributed by atoms with Crippen LogP contribution in [-0.2, 0) is 6.18 Å². The molecule has 6 heteroatoms. The number of pyridine rings is 1. The molecule has 3 nitrogen and oxygen atoms in total. The fourth-order valence-corrected chi connectivity index (χ4v) is 1.62. The second kappa shape index (κ2) is 7.21. The third-order valence-corrected chi connectivity index (χ3v) is 2.69. The Morgan fingerprint density at radius 3 is 2.53 bits per heavy atom. The first kappa shape index (κ1) is 15.6. The molecule has 0 amide bonds. The number of nitrogens with zero attached hydrogens (tertiary/aromatic N) is 1. The number of ether oxygens (including phenoxy) is 1. The molecule has 0 aliphatic heterocycles. The van der Waals surface area contributed by atoms with Crippen molar-refractivity contribution >= 4 is 5.69 Å². The van der Waals surface area contributed by atoms with E-state index in [1.54, 1.807) is 0 Å². The molecule has 0 atom stereocenters. The Morgan fingerprint density at radius 1 is 1.21 bits per heavy atom. The summed E-state index contributed by atoms with van der Waals surface area (Å²) in [5.74, 6) is 0.0535. The Kier molecular flexibility index (Phi) is 5.92. The van der Waals surface area contributed by atoms with E-state index in [2.05, 4.69) is 11.9 Å². The summed E-state index contributed by atoms with van der Waals surface area (Å²) in [5, 5.41) is 0. The van der Waals surface area contributed by atoms with E-state index in [4.69, 9.17) is 10.5 Å². The van der Waals surface area contributed by atoms with E-state index in [-0.39, 0.29) is 11.4 Å². The number of nitrogens with two attached hydrogens (primary N) is 1. The molecule has 19 heavy (non-hydrogen) atoms. The van der Waals surface area contributed by atoms with Gasteiger partial charge >= 0.3 is 6.18 Å². The number of aromatic nitrogens is 1. The van der Waals surface area contributed by atoms with Gasteiger partial charge < -0.3 is 10.5 Å². The first-order valence-corrected chi connectivity index (χ1v) is 6.40. The smallest absolute Gasteiger partial charge is 0.433 e. The van der Waals surface area contributed by atoms with Crippen molar-refractivity contribution < 1.29 is 17.9 Å². The van der Waals surface area contributed by atoms with E-state index in [0.29, 0.717) is 6.61 Å². The molecule has 2 N–H and O–H groups in total.